The van der Waals surface area contributed by atoms with Crippen LogP contribution in [-0.4, -0.2) is 43.3 Å². The van der Waals surface area contributed by atoms with Crippen LogP contribution >= 0.6 is 0 Å². The Morgan fingerprint density at radius 2 is 2.09 bits per heavy atom. The van der Waals surface area contributed by atoms with Gasteiger partial charge in [0.2, 0.25) is 5.91 Å². The van der Waals surface area contributed by atoms with Crippen molar-refractivity contribution >= 4 is 12.2 Å². The topological polar surface area (TPSA) is 49.4 Å². The molecule has 1 N–H and O–H groups in total. The predicted molar refractivity (Wildman–Crippen MR) is 40.1 cm³/mol. The number of rotatable bonds is 2. The summed E-state index contributed by atoms with van der Waals surface area (Å²) in [6, 6.07) is 0. The third-order valence-electron chi connectivity index (χ3n) is 1.73. The van der Waals surface area contributed by atoms with Crippen molar-refractivity contribution in [2.75, 3.05) is 26.2 Å². The van der Waals surface area contributed by atoms with Crippen molar-refractivity contribution in [2.24, 2.45) is 0 Å². The highest BCUT2D eigenvalue weighted by molar-refractivity contribution is 5.88. The van der Waals surface area contributed by atoms with Gasteiger partial charge < -0.3 is 15.0 Å². The smallest absolute Gasteiger partial charge is 0.229 e. The average Bonchev–Trinajstić information content (AvgIpc) is 2.07. The Bertz CT molecular complexity index is 153. The maximum Gasteiger partial charge on any atom is 0.229 e. The highest BCUT2D eigenvalue weighted by Gasteiger charge is 2.14. The summed E-state index contributed by atoms with van der Waals surface area (Å²) < 4.78 is 0. The highest BCUT2D eigenvalue weighted by atomic mass is 16.2. The third kappa shape index (κ3) is 2.31. The van der Waals surface area contributed by atoms with Gasteiger partial charge in [-0.15, -0.1) is 0 Å². The maximum atomic E-state index is 11.1. The van der Waals surface area contributed by atoms with Gasteiger partial charge in [0.1, 0.15) is 6.29 Å². The lowest BCUT2D eigenvalue weighted by molar-refractivity contribution is -0.133. The summed E-state index contributed by atoms with van der Waals surface area (Å²) in [5.41, 5.74) is 0. The Morgan fingerprint density at radius 1 is 1.45 bits per heavy atom. The molecule has 0 spiro atoms. The van der Waals surface area contributed by atoms with Crippen molar-refractivity contribution in [3.63, 3.8) is 0 Å². The molecule has 0 saturated carbocycles. The van der Waals surface area contributed by atoms with Gasteiger partial charge >= 0.3 is 0 Å². The minimum atomic E-state index is -0.0542. The summed E-state index contributed by atoms with van der Waals surface area (Å²) in [5.74, 6) is -0.0542. The lowest BCUT2D eigenvalue weighted by atomic mass is 10.3. The number of hydrogen-bond acceptors (Lipinski definition) is 3. The molecule has 1 aliphatic heterocycles. The zero-order valence-corrected chi connectivity index (χ0v) is 6.38. The van der Waals surface area contributed by atoms with E-state index in [1.165, 1.54) is 0 Å². The number of aldehydes is 1. The number of hydrogen-bond donors (Lipinski definition) is 1. The third-order valence-corrected chi connectivity index (χ3v) is 1.73. The second kappa shape index (κ2) is 4.08. The Labute approximate surface area is 65.6 Å². The van der Waals surface area contributed by atoms with E-state index in [2.05, 4.69) is 5.32 Å². The molecule has 0 aromatic carbocycles. The van der Waals surface area contributed by atoms with Crippen LogP contribution in [0, 0.1) is 0 Å². The largest absolute Gasteiger partial charge is 0.340 e. The summed E-state index contributed by atoms with van der Waals surface area (Å²) in [6.45, 7) is 3.13. The van der Waals surface area contributed by atoms with Crippen LogP contribution in [-0.2, 0) is 9.59 Å². The molecule has 0 aromatic heterocycles. The SMILES string of the molecule is O=CCC(=O)N1CCNCC1. The highest BCUT2D eigenvalue weighted by Crippen LogP contribution is 1.94. The fraction of sp³-hybridized carbons (Fsp3) is 0.714. The normalized spacial score (nSPS) is 18.0. The van der Waals surface area contributed by atoms with Crippen LogP contribution in [0.4, 0.5) is 0 Å². The fourth-order valence-electron chi connectivity index (χ4n) is 1.11. The zero-order valence-electron chi connectivity index (χ0n) is 6.38. The molecule has 1 aliphatic rings. The molecule has 4 nitrogen and oxygen atoms in total. The molecular weight excluding hydrogens is 144 g/mol. The number of nitrogens with one attached hydrogen (secondary N) is 1. The zero-order chi connectivity index (χ0) is 8.10. The molecule has 62 valence electrons. The molecule has 1 heterocycles. The molecule has 1 fully saturated rings. The monoisotopic (exact) mass is 156 g/mol. The van der Waals surface area contributed by atoms with Crippen molar-refractivity contribution in [2.45, 2.75) is 6.42 Å². The van der Waals surface area contributed by atoms with Gasteiger partial charge in [0, 0.05) is 26.2 Å². The molecule has 1 amide bonds. The van der Waals surface area contributed by atoms with Gasteiger partial charge in [0.25, 0.3) is 0 Å². The molecule has 0 atom stereocenters. The van der Waals surface area contributed by atoms with E-state index < -0.39 is 0 Å². The summed E-state index contributed by atoms with van der Waals surface area (Å²) in [5, 5.41) is 3.13. The second-order valence-electron chi connectivity index (χ2n) is 2.50. The Morgan fingerprint density at radius 3 is 2.64 bits per heavy atom. The maximum absolute atomic E-state index is 11.1. The molecule has 0 radical (unpaired) electrons. The molecule has 0 aromatic rings. The van der Waals surface area contributed by atoms with E-state index in [0.29, 0.717) is 6.29 Å². The standard InChI is InChI=1S/C7H12N2O2/c10-6-1-7(11)9-4-2-8-3-5-9/h6,8H,1-5H2. The van der Waals surface area contributed by atoms with E-state index in [0.717, 1.165) is 26.2 Å². The van der Waals surface area contributed by atoms with E-state index in [1.807, 2.05) is 0 Å². The van der Waals surface area contributed by atoms with E-state index in [-0.39, 0.29) is 12.3 Å². The minimum absolute atomic E-state index is 0.0278. The summed E-state index contributed by atoms with van der Waals surface area (Å²) in [7, 11) is 0. The van der Waals surface area contributed by atoms with Gasteiger partial charge in [-0.25, -0.2) is 0 Å². The average molecular weight is 156 g/mol. The van der Waals surface area contributed by atoms with Crippen molar-refractivity contribution < 1.29 is 9.59 Å². The van der Waals surface area contributed by atoms with Gasteiger partial charge in [-0.05, 0) is 0 Å². The van der Waals surface area contributed by atoms with Crippen LogP contribution in [0.3, 0.4) is 0 Å². The lowest BCUT2D eigenvalue weighted by Gasteiger charge is -2.26. The van der Waals surface area contributed by atoms with E-state index >= 15 is 0 Å². The second-order valence-corrected chi connectivity index (χ2v) is 2.50. The van der Waals surface area contributed by atoms with Gasteiger partial charge in [-0.2, -0.15) is 0 Å². The first-order chi connectivity index (χ1) is 5.34. The predicted octanol–water partition coefficient (Wildman–Crippen LogP) is -0.993. The summed E-state index contributed by atoms with van der Waals surface area (Å²) >= 11 is 0. The van der Waals surface area contributed by atoms with Crippen LogP contribution in [0.2, 0.25) is 0 Å². The Hall–Kier alpha value is -0.900. The number of amides is 1. The Kier molecular flexibility index (Phi) is 3.04. The molecule has 0 unspecified atom stereocenters. The molecule has 1 saturated heterocycles. The van der Waals surface area contributed by atoms with Gasteiger partial charge in [0.15, 0.2) is 0 Å². The Balaban J connectivity index is 2.32. The lowest BCUT2D eigenvalue weighted by Crippen LogP contribution is -2.46. The van der Waals surface area contributed by atoms with Crippen molar-refractivity contribution in [3.05, 3.63) is 0 Å². The van der Waals surface area contributed by atoms with Gasteiger partial charge in [0.05, 0.1) is 6.42 Å². The number of carbonyl (C=O) groups excluding carboxylic acids is 2. The van der Waals surface area contributed by atoms with E-state index in [9.17, 15) is 9.59 Å². The van der Waals surface area contributed by atoms with Gasteiger partial charge in [-0.1, -0.05) is 0 Å². The number of carbonyl (C=O) groups is 2. The molecule has 11 heavy (non-hydrogen) atoms. The van der Waals surface area contributed by atoms with Crippen LogP contribution in [0.15, 0.2) is 0 Å². The quantitative estimate of drug-likeness (QED) is 0.412. The van der Waals surface area contributed by atoms with Crippen molar-refractivity contribution in [1.82, 2.24) is 10.2 Å². The molecular formula is C7H12N2O2. The molecule has 0 aliphatic carbocycles. The van der Waals surface area contributed by atoms with Crippen molar-refractivity contribution in [3.8, 4) is 0 Å². The first-order valence-corrected chi connectivity index (χ1v) is 3.76. The van der Waals surface area contributed by atoms with Crippen LogP contribution in [0.1, 0.15) is 6.42 Å². The minimum Gasteiger partial charge on any atom is -0.340 e. The van der Waals surface area contributed by atoms with Crippen LogP contribution < -0.4 is 5.32 Å². The number of nitrogens with zero attached hydrogens (tertiary/aromatic N) is 1. The first kappa shape index (κ1) is 8.20. The first-order valence-electron chi connectivity index (χ1n) is 3.76. The van der Waals surface area contributed by atoms with E-state index in [4.69, 9.17) is 0 Å². The van der Waals surface area contributed by atoms with E-state index in [1.54, 1.807) is 4.90 Å². The summed E-state index contributed by atoms with van der Waals surface area (Å²) in [6.07, 6.45) is 0.685. The van der Waals surface area contributed by atoms with Crippen LogP contribution in [0.25, 0.3) is 0 Å². The number of piperazine rings is 1. The van der Waals surface area contributed by atoms with Gasteiger partial charge in [-0.3, -0.25) is 4.79 Å². The van der Waals surface area contributed by atoms with Crippen LogP contribution in [0.5, 0.6) is 0 Å². The molecule has 4 heteroatoms. The molecule has 1 rings (SSSR count). The fourth-order valence-corrected chi connectivity index (χ4v) is 1.11. The van der Waals surface area contributed by atoms with Crippen molar-refractivity contribution in [1.29, 1.82) is 0 Å². The summed E-state index contributed by atoms with van der Waals surface area (Å²) in [4.78, 5) is 22.8. The molecule has 0 bridgehead atoms.